The molecule has 0 saturated heterocycles. The van der Waals surface area contributed by atoms with Crippen LogP contribution in [0.15, 0.2) is 18.3 Å². The summed E-state index contributed by atoms with van der Waals surface area (Å²) in [6, 6.07) is 3.44. The third-order valence-corrected chi connectivity index (χ3v) is 3.40. The number of pyridine rings is 1. The van der Waals surface area contributed by atoms with E-state index in [2.05, 4.69) is 4.98 Å². The van der Waals surface area contributed by atoms with Crippen LogP contribution in [0, 0.1) is 0 Å². The third kappa shape index (κ3) is 3.21. The molecule has 0 atom stereocenters. The van der Waals surface area contributed by atoms with Crippen molar-refractivity contribution in [3.05, 3.63) is 23.9 Å². The smallest absolute Gasteiger partial charge is 0.323 e. The number of aliphatic carboxylic acids is 1. The zero-order valence-electron chi connectivity index (χ0n) is 10.6. The number of carboxylic acids is 1. The van der Waals surface area contributed by atoms with Gasteiger partial charge in [-0.15, -0.1) is 0 Å². The fourth-order valence-corrected chi connectivity index (χ4v) is 2.46. The van der Waals surface area contributed by atoms with E-state index in [0.717, 1.165) is 25.7 Å². The van der Waals surface area contributed by atoms with E-state index in [-0.39, 0.29) is 12.6 Å². The lowest BCUT2D eigenvalue weighted by Gasteiger charge is -2.28. The molecule has 1 aliphatic carbocycles. The van der Waals surface area contributed by atoms with Crippen LogP contribution in [0.1, 0.15) is 36.0 Å². The van der Waals surface area contributed by atoms with Gasteiger partial charge in [0.25, 0.3) is 0 Å². The second-order valence-electron chi connectivity index (χ2n) is 4.73. The lowest BCUT2D eigenvalue weighted by atomic mass is 10.2. The molecule has 0 radical (unpaired) electrons. The highest BCUT2D eigenvalue weighted by Crippen LogP contribution is 2.26. The predicted molar refractivity (Wildman–Crippen MR) is 70.0 cm³/mol. The molecule has 0 bridgehead atoms. The summed E-state index contributed by atoms with van der Waals surface area (Å²) in [7, 11) is 0. The number of aromatic nitrogens is 1. The summed E-state index contributed by atoms with van der Waals surface area (Å²) in [5.41, 5.74) is 5.48. The van der Waals surface area contributed by atoms with E-state index in [1.165, 1.54) is 6.20 Å². The monoisotopic (exact) mass is 263 g/mol. The Labute approximate surface area is 111 Å². The molecule has 102 valence electrons. The molecule has 1 aromatic heterocycles. The highest BCUT2D eigenvalue weighted by atomic mass is 16.4. The summed E-state index contributed by atoms with van der Waals surface area (Å²) in [6.45, 7) is -0.0758. The maximum atomic E-state index is 11.0. The van der Waals surface area contributed by atoms with Gasteiger partial charge in [0, 0.05) is 12.2 Å². The Morgan fingerprint density at radius 2 is 2.05 bits per heavy atom. The Kier molecular flexibility index (Phi) is 3.99. The molecular formula is C13H17N3O3. The summed E-state index contributed by atoms with van der Waals surface area (Å²) in [4.78, 5) is 27.9. The average Bonchev–Trinajstić information content (AvgIpc) is 2.89. The number of carboxylic acid groups (broad SMARTS) is 1. The number of rotatable bonds is 5. The molecule has 1 aromatic rings. The van der Waals surface area contributed by atoms with Gasteiger partial charge in [0.2, 0.25) is 5.91 Å². The maximum absolute atomic E-state index is 11.0. The number of hydrogen-bond acceptors (Lipinski definition) is 4. The van der Waals surface area contributed by atoms with Gasteiger partial charge in [0.05, 0.1) is 5.56 Å². The fourth-order valence-electron chi connectivity index (χ4n) is 2.46. The number of primary amides is 1. The van der Waals surface area contributed by atoms with Crippen molar-refractivity contribution in [3.8, 4) is 0 Å². The van der Waals surface area contributed by atoms with Gasteiger partial charge in [-0.05, 0) is 25.0 Å². The van der Waals surface area contributed by atoms with Gasteiger partial charge in [-0.25, -0.2) is 4.98 Å². The molecule has 2 rings (SSSR count). The van der Waals surface area contributed by atoms with Gasteiger partial charge in [-0.2, -0.15) is 0 Å². The molecule has 0 aromatic carbocycles. The van der Waals surface area contributed by atoms with Gasteiger partial charge in [-0.1, -0.05) is 12.8 Å². The first-order valence-electron chi connectivity index (χ1n) is 6.32. The Hall–Kier alpha value is -2.11. The molecule has 1 heterocycles. The standard InChI is InChI=1S/C13H17N3O3/c14-13(19)9-5-6-11(15-7-9)16(8-12(17)18)10-3-1-2-4-10/h5-7,10H,1-4,8H2,(H2,14,19)(H,17,18). The molecule has 6 heteroatoms. The summed E-state index contributed by atoms with van der Waals surface area (Å²) in [6.07, 6.45) is 5.57. The molecule has 3 N–H and O–H groups in total. The van der Waals surface area contributed by atoms with Crippen LogP contribution in [0.25, 0.3) is 0 Å². The van der Waals surface area contributed by atoms with Crippen molar-refractivity contribution in [2.75, 3.05) is 11.4 Å². The van der Waals surface area contributed by atoms with Crippen LogP contribution in [0.2, 0.25) is 0 Å². The van der Waals surface area contributed by atoms with Gasteiger partial charge in [-0.3, -0.25) is 9.59 Å². The van der Waals surface area contributed by atoms with Crippen LogP contribution < -0.4 is 10.6 Å². The van der Waals surface area contributed by atoms with Crippen molar-refractivity contribution in [1.29, 1.82) is 0 Å². The number of carbonyl (C=O) groups is 2. The quantitative estimate of drug-likeness (QED) is 0.826. The first-order chi connectivity index (χ1) is 9.08. The molecule has 0 spiro atoms. The van der Waals surface area contributed by atoms with E-state index in [9.17, 15) is 9.59 Å². The van der Waals surface area contributed by atoms with Crippen LogP contribution in [0.4, 0.5) is 5.82 Å². The normalized spacial score (nSPS) is 15.4. The largest absolute Gasteiger partial charge is 0.480 e. The van der Waals surface area contributed by atoms with Crippen molar-refractivity contribution < 1.29 is 14.7 Å². The molecule has 1 aliphatic rings. The average molecular weight is 263 g/mol. The molecular weight excluding hydrogens is 246 g/mol. The second-order valence-corrected chi connectivity index (χ2v) is 4.73. The second kappa shape index (κ2) is 5.69. The molecule has 0 aliphatic heterocycles. The lowest BCUT2D eigenvalue weighted by molar-refractivity contribution is -0.135. The first-order valence-corrected chi connectivity index (χ1v) is 6.32. The summed E-state index contributed by atoms with van der Waals surface area (Å²) >= 11 is 0. The van der Waals surface area contributed by atoms with Gasteiger partial charge >= 0.3 is 5.97 Å². The van der Waals surface area contributed by atoms with E-state index >= 15 is 0 Å². The van der Waals surface area contributed by atoms with E-state index in [1.54, 1.807) is 17.0 Å². The predicted octanol–water partition coefficient (Wildman–Crippen LogP) is 1.01. The van der Waals surface area contributed by atoms with Crippen LogP contribution in [-0.2, 0) is 4.79 Å². The minimum atomic E-state index is -0.882. The fraction of sp³-hybridized carbons (Fsp3) is 0.462. The topological polar surface area (TPSA) is 96.5 Å². The van der Waals surface area contributed by atoms with E-state index in [0.29, 0.717) is 11.4 Å². The van der Waals surface area contributed by atoms with Gasteiger partial charge in [0.15, 0.2) is 0 Å². The van der Waals surface area contributed by atoms with Gasteiger partial charge in [0.1, 0.15) is 12.4 Å². The van der Waals surface area contributed by atoms with Crippen LogP contribution in [0.3, 0.4) is 0 Å². The van der Waals surface area contributed by atoms with Crippen molar-refractivity contribution >= 4 is 17.7 Å². The zero-order valence-corrected chi connectivity index (χ0v) is 10.6. The van der Waals surface area contributed by atoms with Crippen molar-refractivity contribution in [1.82, 2.24) is 4.98 Å². The lowest BCUT2D eigenvalue weighted by Crippen LogP contribution is -2.38. The minimum Gasteiger partial charge on any atom is -0.480 e. The molecule has 1 amide bonds. The first kappa shape index (κ1) is 13.3. The zero-order chi connectivity index (χ0) is 13.8. The Bertz CT molecular complexity index is 467. The van der Waals surface area contributed by atoms with E-state index < -0.39 is 11.9 Å². The highest BCUT2D eigenvalue weighted by molar-refractivity contribution is 5.92. The number of carbonyl (C=O) groups excluding carboxylic acids is 1. The molecule has 0 unspecified atom stereocenters. The van der Waals surface area contributed by atoms with E-state index in [4.69, 9.17) is 10.8 Å². The summed E-state index contributed by atoms with van der Waals surface area (Å²) in [5, 5.41) is 9.00. The minimum absolute atomic E-state index is 0.0758. The molecule has 6 nitrogen and oxygen atoms in total. The Balaban J connectivity index is 2.21. The van der Waals surface area contributed by atoms with Crippen molar-refractivity contribution in [2.24, 2.45) is 5.73 Å². The van der Waals surface area contributed by atoms with Crippen LogP contribution in [0.5, 0.6) is 0 Å². The maximum Gasteiger partial charge on any atom is 0.323 e. The number of amides is 1. The molecule has 1 fully saturated rings. The van der Waals surface area contributed by atoms with Crippen molar-refractivity contribution in [3.63, 3.8) is 0 Å². The Morgan fingerprint density at radius 3 is 2.53 bits per heavy atom. The third-order valence-electron chi connectivity index (χ3n) is 3.40. The van der Waals surface area contributed by atoms with Crippen LogP contribution >= 0.6 is 0 Å². The summed E-state index contributed by atoms with van der Waals surface area (Å²) in [5.74, 6) is -0.836. The Morgan fingerprint density at radius 1 is 1.37 bits per heavy atom. The van der Waals surface area contributed by atoms with Crippen molar-refractivity contribution in [2.45, 2.75) is 31.7 Å². The molecule has 1 saturated carbocycles. The highest BCUT2D eigenvalue weighted by Gasteiger charge is 2.25. The number of anilines is 1. The summed E-state index contributed by atoms with van der Waals surface area (Å²) < 4.78 is 0. The van der Waals surface area contributed by atoms with E-state index in [1.807, 2.05) is 0 Å². The van der Waals surface area contributed by atoms with Gasteiger partial charge < -0.3 is 15.7 Å². The molecule has 19 heavy (non-hydrogen) atoms. The number of nitrogens with zero attached hydrogens (tertiary/aromatic N) is 2. The number of hydrogen-bond donors (Lipinski definition) is 2. The SMILES string of the molecule is NC(=O)c1ccc(N(CC(=O)O)C2CCCC2)nc1. The number of nitrogens with two attached hydrogens (primary N) is 1. The van der Waals surface area contributed by atoms with Crippen LogP contribution in [-0.4, -0.2) is 34.6 Å².